The van der Waals surface area contributed by atoms with E-state index in [0.717, 1.165) is 12.8 Å². The number of ketones is 2. The summed E-state index contributed by atoms with van der Waals surface area (Å²) in [7, 11) is 4.77. The molecule has 0 aliphatic heterocycles. The minimum absolute atomic E-state index is 0.0749. The van der Waals surface area contributed by atoms with Crippen molar-refractivity contribution >= 4 is 57.6 Å². The van der Waals surface area contributed by atoms with Crippen LogP contribution in [0.25, 0.3) is 22.8 Å². The largest absolute Gasteiger partial charge is 0.494 e. The lowest BCUT2D eigenvalue weighted by Crippen LogP contribution is -2.39. The average molecular weight is 1060 g/mol. The molecule has 6 heterocycles. The Hall–Kier alpha value is -9.22. The van der Waals surface area contributed by atoms with Gasteiger partial charge in [-0.2, -0.15) is 20.2 Å². The van der Waals surface area contributed by atoms with Crippen molar-refractivity contribution < 1.29 is 27.8 Å². The molecule has 0 bridgehead atoms. The van der Waals surface area contributed by atoms with Crippen molar-refractivity contribution in [2.75, 3.05) is 35.5 Å². The van der Waals surface area contributed by atoms with E-state index in [4.69, 9.17) is 19.6 Å². The van der Waals surface area contributed by atoms with Crippen LogP contribution in [0, 0.1) is 11.8 Å². The predicted molar refractivity (Wildman–Crippen MR) is 287 cm³/mol. The molecule has 2 aliphatic carbocycles. The number of anilines is 8. The maximum absolute atomic E-state index is 14.2. The first-order valence-corrected chi connectivity index (χ1v) is 25.5. The number of carbonyl (C=O) groups is 2. The molecule has 78 heavy (non-hydrogen) atoms. The second-order valence-electron chi connectivity index (χ2n) is 19.2. The van der Waals surface area contributed by atoms with Crippen LogP contribution in [0.3, 0.4) is 0 Å². The smallest absolute Gasteiger partial charge is 0.349 e. The highest BCUT2D eigenvalue weighted by Crippen LogP contribution is 2.43. The van der Waals surface area contributed by atoms with E-state index in [-0.39, 0.29) is 90.7 Å². The van der Waals surface area contributed by atoms with Gasteiger partial charge in [-0.3, -0.25) is 23.4 Å². The highest BCUT2D eigenvalue weighted by molar-refractivity contribution is 6.04. The van der Waals surface area contributed by atoms with Crippen LogP contribution in [-0.2, 0) is 26.7 Å². The second kappa shape index (κ2) is 22.2. The number of hydrogen-bond acceptors (Lipinski definition) is 18. The lowest BCUT2D eigenvalue weighted by molar-refractivity contribution is -0.114. The van der Waals surface area contributed by atoms with Gasteiger partial charge < -0.3 is 30.7 Å². The highest BCUT2D eigenvalue weighted by atomic mass is 19.3. The number of nitrogens with zero attached hydrogens (tertiary/aromatic N) is 12. The fourth-order valence-electron chi connectivity index (χ4n) is 9.55. The van der Waals surface area contributed by atoms with Crippen molar-refractivity contribution in [3.63, 3.8) is 0 Å². The van der Waals surface area contributed by atoms with Crippen LogP contribution in [0.5, 0.6) is 11.5 Å². The van der Waals surface area contributed by atoms with E-state index in [1.54, 1.807) is 97.3 Å². The molecule has 0 amide bonds. The maximum atomic E-state index is 14.2. The zero-order chi connectivity index (χ0) is 54.7. The van der Waals surface area contributed by atoms with Gasteiger partial charge >= 0.3 is 11.4 Å². The number of carbonyl (C=O) groups excluding carboxylic acids is 2. The third-order valence-corrected chi connectivity index (χ3v) is 13.7. The molecule has 0 spiro atoms. The van der Waals surface area contributed by atoms with Gasteiger partial charge in [0.25, 0.3) is 0 Å². The van der Waals surface area contributed by atoms with Gasteiger partial charge in [0.15, 0.2) is 34.7 Å². The molecule has 24 heteroatoms. The van der Waals surface area contributed by atoms with Gasteiger partial charge in [-0.15, -0.1) is 0 Å². The van der Waals surface area contributed by atoms with Crippen LogP contribution < -0.4 is 42.1 Å². The lowest BCUT2D eigenvalue weighted by atomic mass is 9.81. The molecule has 0 radical (unpaired) electrons. The predicted octanol–water partition coefficient (Wildman–Crippen LogP) is 8.71. The van der Waals surface area contributed by atoms with E-state index in [1.807, 2.05) is 6.07 Å². The molecule has 2 aliphatic rings. The number of nitrogens with one attached hydrogen (secondary N) is 4. The number of Topliss-reactive ketones (excluding diaryl/α,β-unsaturated/α-hetero) is 2. The van der Waals surface area contributed by atoms with E-state index in [0.29, 0.717) is 80.9 Å². The number of aromatic nitrogens is 12. The Labute approximate surface area is 445 Å². The molecule has 6 aromatic heterocycles. The van der Waals surface area contributed by atoms with E-state index < -0.39 is 11.6 Å². The first-order chi connectivity index (χ1) is 37.7. The average Bonchev–Trinajstić information content (AvgIpc) is 4.17. The molecule has 8 aromatic rings. The molecule has 0 atom stereocenters. The summed E-state index contributed by atoms with van der Waals surface area (Å²) >= 11 is 0. The molecule has 0 saturated heterocycles. The molecule has 0 unspecified atom stereocenters. The summed E-state index contributed by atoms with van der Waals surface area (Å²) < 4.78 is 45.2. The van der Waals surface area contributed by atoms with E-state index in [9.17, 15) is 28.0 Å². The number of halogens is 2. The Balaban J connectivity index is 0.969. The summed E-state index contributed by atoms with van der Waals surface area (Å²) in [6, 6.07) is 17.3. The number of para-hydroxylation sites is 2. The summed E-state index contributed by atoms with van der Waals surface area (Å²) in [6.45, 7) is 4.16. The van der Waals surface area contributed by atoms with Gasteiger partial charge in [0.05, 0.1) is 71.5 Å². The molecule has 4 N–H and O–H groups in total. The number of aryl methyl sites for hydroxylation is 1. The fraction of sp³-hybridized carbons (Fsp3) is 0.333. The quantitative estimate of drug-likeness (QED) is 0.0463. The summed E-state index contributed by atoms with van der Waals surface area (Å²) in [6.07, 6.45) is 10.8. The number of pyridine rings is 2. The molecule has 2 fully saturated rings. The van der Waals surface area contributed by atoms with E-state index >= 15 is 0 Å². The Morgan fingerprint density at radius 3 is 1.79 bits per heavy atom. The van der Waals surface area contributed by atoms with E-state index in [1.165, 1.54) is 48.6 Å². The SMILES string of the molecule is CCC(=O)c1cnc(Nc2ccn(CC3CCC3)c(=O)n2)cc1Nc1cccc(-c2ncn(Cc3nc(Nc4ccn(CC5CC(F)(F)C5)c(=O)n4)cc(Nc4cccc(-c5ncn(C)n5)c4OC)c3C(=O)CC)n2)c1OC. The Morgan fingerprint density at radius 1 is 0.667 bits per heavy atom. The highest BCUT2D eigenvalue weighted by Gasteiger charge is 2.45. The van der Waals surface area contributed by atoms with Crippen LogP contribution in [-0.4, -0.2) is 90.3 Å². The van der Waals surface area contributed by atoms with Crippen LogP contribution in [0.15, 0.2) is 101 Å². The maximum Gasteiger partial charge on any atom is 0.349 e. The lowest BCUT2D eigenvalue weighted by Gasteiger charge is -2.34. The zero-order valence-electron chi connectivity index (χ0n) is 43.5. The van der Waals surface area contributed by atoms with Crippen LogP contribution in [0.1, 0.15) is 85.2 Å². The number of methoxy groups -OCH3 is 2. The molecule has 402 valence electrons. The first-order valence-electron chi connectivity index (χ1n) is 25.5. The number of hydrogen-bond donors (Lipinski definition) is 4. The number of benzene rings is 2. The summed E-state index contributed by atoms with van der Waals surface area (Å²) in [4.78, 5) is 80.5. The van der Waals surface area contributed by atoms with Gasteiger partial charge in [-0.05, 0) is 61.1 Å². The third kappa shape index (κ3) is 11.3. The Bertz CT molecular complexity index is 3670. The molecular formula is C54H56F2N16O6. The minimum atomic E-state index is -2.73. The zero-order valence-corrected chi connectivity index (χ0v) is 43.5. The van der Waals surface area contributed by atoms with Gasteiger partial charge in [0.2, 0.25) is 5.92 Å². The Morgan fingerprint density at radius 2 is 1.24 bits per heavy atom. The fourth-order valence-corrected chi connectivity index (χ4v) is 9.55. The third-order valence-electron chi connectivity index (χ3n) is 13.7. The first kappa shape index (κ1) is 52.2. The molecule has 22 nitrogen and oxygen atoms in total. The van der Waals surface area contributed by atoms with Crippen LogP contribution in [0.4, 0.5) is 54.8 Å². The number of alkyl halides is 2. The van der Waals surface area contributed by atoms with Crippen molar-refractivity contribution in [1.29, 1.82) is 0 Å². The van der Waals surface area contributed by atoms with Crippen LogP contribution >= 0.6 is 0 Å². The standard InChI is InChI=1S/C54H56F2N16O6/c1-6-41(73)35-25-57-45(63-43-17-19-70(52(75)65-43)26-31-11-8-12-31)21-38(35)60-36-15-10-14-34(49(36)78-5)51-59-30-72(68-51)28-40-47(42(74)7-2)39(61-37-16-9-13-33(48(37)77-4)50-58-29-69(3)67-50)22-46(62-40)64-44-18-20-71(53(76)66-44)27-32-23-54(55,56)24-32/h9-10,13-22,25,29-32H,6-8,11-12,23-24,26-28H2,1-5H3,(H2,57,60,63,65,75)(H2,61,62,64,66,76). The van der Waals surface area contributed by atoms with Crippen molar-refractivity contribution in [2.45, 2.75) is 84.4 Å². The molecule has 10 rings (SSSR count). The van der Waals surface area contributed by atoms with E-state index in [2.05, 4.69) is 51.3 Å². The minimum Gasteiger partial charge on any atom is -0.494 e. The Kier molecular flexibility index (Phi) is 14.8. The topological polar surface area (TPSA) is 258 Å². The molecule has 2 aromatic carbocycles. The van der Waals surface area contributed by atoms with Crippen molar-refractivity contribution in [3.8, 4) is 34.3 Å². The van der Waals surface area contributed by atoms with Crippen LogP contribution in [0.2, 0.25) is 0 Å². The summed E-state index contributed by atoms with van der Waals surface area (Å²) in [5, 5.41) is 22.3. The van der Waals surface area contributed by atoms with Gasteiger partial charge in [-0.1, -0.05) is 32.4 Å². The monoisotopic (exact) mass is 1060 g/mol. The van der Waals surface area contributed by atoms with Crippen molar-refractivity contribution in [1.82, 2.24) is 58.6 Å². The molecular weight excluding hydrogens is 1010 g/mol. The van der Waals surface area contributed by atoms with Gasteiger partial charge in [0.1, 0.15) is 35.9 Å². The van der Waals surface area contributed by atoms with Crippen molar-refractivity contribution in [2.24, 2.45) is 18.9 Å². The second-order valence-corrected chi connectivity index (χ2v) is 19.2. The number of ether oxygens (including phenoxy) is 2. The summed E-state index contributed by atoms with van der Waals surface area (Å²) in [5.74, 6) is -0.628. The van der Waals surface area contributed by atoms with Gasteiger partial charge in [0, 0.05) is 76.5 Å². The molecule has 2 saturated carbocycles. The van der Waals surface area contributed by atoms with Crippen molar-refractivity contribution in [3.05, 3.63) is 130 Å². The normalized spacial score (nSPS) is 14.0. The summed E-state index contributed by atoms with van der Waals surface area (Å²) in [5.41, 5.74) is 2.60. The van der Waals surface area contributed by atoms with Gasteiger partial charge in [-0.25, -0.2) is 43.0 Å². The number of rotatable bonds is 22.